The van der Waals surface area contributed by atoms with Crippen molar-refractivity contribution in [3.8, 4) is 0 Å². The van der Waals surface area contributed by atoms with Gasteiger partial charge in [-0.25, -0.2) is 0 Å². The average molecular weight is 322 g/mol. The Morgan fingerprint density at radius 2 is 2.11 bits per heavy atom. The van der Waals surface area contributed by atoms with Gasteiger partial charge in [-0.1, -0.05) is 28.1 Å². The summed E-state index contributed by atoms with van der Waals surface area (Å²) in [4.78, 5) is 0. The third kappa shape index (κ3) is 4.18. The highest BCUT2D eigenvalue weighted by Gasteiger charge is 2.10. The fourth-order valence-corrected chi connectivity index (χ4v) is 2.70. The molecule has 1 aromatic carbocycles. The molecule has 2 N–H and O–H groups in total. The summed E-state index contributed by atoms with van der Waals surface area (Å²) in [5.41, 5.74) is 8.50. The molecule has 1 heterocycles. The quantitative estimate of drug-likeness (QED) is 0.888. The summed E-state index contributed by atoms with van der Waals surface area (Å²) in [6, 6.07) is 8.44. The van der Waals surface area contributed by atoms with Crippen LogP contribution in [0.3, 0.4) is 0 Å². The van der Waals surface area contributed by atoms with Gasteiger partial charge in [0.2, 0.25) is 0 Å². The zero-order valence-electron chi connectivity index (χ0n) is 11.2. The minimum Gasteiger partial charge on any atom is -0.330 e. The minimum absolute atomic E-state index is 0.462. The van der Waals surface area contributed by atoms with Crippen molar-refractivity contribution in [1.29, 1.82) is 0 Å². The molecule has 3 nitrogen and oxygen atoms in total. The van der Waals surface area contributed by atoms with E-state index >= 15 is 0 Å². The molecule has 0 saturated heterocycles. The number of hydrogen-bond donors (Lipinski definition) is 1. The third-order valence-electron chi connectivity index (χ3n) is 3.28. The van der Waals surface area contributed by atoms with Gasteiger partial charge in [-0.15, -0.1) is 0 Å². The number of halogens is 1. The maximum Gasteiger partial charge on any atom is 0.0521 e. The van der Waals surface area contributed by atoms with Crippen molar-refractivity contribution in [2.45, 2.75) is 26.3 Å². The van der Waals surface area contributed by atoms with Gasteiger partial charge in [0, 0.05) is 17.2 Å². The fourth-order valence-electron chi connectivity index (χ4n) is 2.25. The van der Waals surface area contributed by atoms with Crippen molar-refractivity contribution in [2.24, 2.45) is 11.7 Å². The maximum absolute atomic E-state index is 5.91. The number of aromatic nitrogens is 2. The van der Waals surface area contributed by atoms with Gasteiger partial charge >= 0.3 is 0 Å². The first kappa shape index (κ1) is 14.3. The van der Waals surface area contributed by atoms with Crippen LogP contribution < -0.4 is 5.73 Å². The lowest BCUT2D eigenvalue weighted by atomic mass is 9.94. The Hall–Kier alpha value is -1.13. The predicted octanol–water partition coefficient (Wildman–Crippen LogP) is 3.03. The Balaban J connectivity index is 2.00. The van der Waals surface area contributed by atoms with E-state index in [9.17, 15) is 0 Å². The summed E-state index contributed by atoms with van der Waals surface area (Å²) in [6.45, 7) is 3.71. The second-order valence-electron chi connectivity index (χ2n) is 4.84. The maximum atomic E-state index is 5.91. The zero-order valence-corrected chi connectivity index (χ0v) is 12.8. The lowest BCUT2D eigenvalue weighted by molar-refractivity contribution is 0.532. The van der Waals surface area contributed by atoms with Crippen molar-refractivity contribution < 1.29 is 0 Å². The monoisotopic (exact) mass is 321 g/mol. The molecule has 0 aliphatic carbocycles. The molecule has 0 fully saturated rings. The zero-order chi connectivity index (χ0) is 13.7. The molecule has 1 unspecified atom stereocenters. The largest absolute Gasteiger partial charge is 0.330 e. The second-order valence-corrected chi connectivity index (χ2v) is 5.76. The van der Waals surface area contributed by atoms with Crippen LogP contribution in [0, 0.1) is 5.92 Å². The van der Waals surface area contributed by atoms with Gasteiger partial charge in [0.25, 0.3) is 0 Å². The second kappa shape index (κ2) is 6.87. The lowest BCUT2D eigenvalue weighted by Gasteiger charge is -2.14. The highest BCUT2D eigenvalue weighted by molar-refractivity contribution is 9.10. The van der Waals surface area contributed by atoms with Crippen molar-refractivity contribution in [3.63, 3.8) is 0 Å². The summed E-state index contributed by atoms with van der Waals surface area (Å²) in [6.07, 6.45) is 6.06. The summed E-state index contributed by atoms with van der Waals surface area (Å²) in [5.74, 6) is 0.462. The van der Waals surface area contributed by atoms with Gasteiger partial charge in [-0.3, -0.25) is 4.68 Å². The highest BCUT2D eigenvalue weighted by atomic mass is 79.9. The van der Waals surface area contributed by atoms with Crippen LogP contribution >= 0.6 is 15.9 Å². The molecule has 1 atom stereocenters. The number of hydrogen-bond acceptors (Lipinski definition) is 2. The summed E-state index contributed by atoms with van der Waals surface area (Å²) < 4.78 is 3.08. The SMILES string of the molecule is CCn1cc(CC(CN)Cc2cccc(Br)c2)cn1. The van der Waals surface area contributed by atoms with Crippen molar-refractivity contribution in [1.82, 2.24) is 9.78 Å². The fraction of sp³-hybridized carbons (Fsp3) is 0.400. The number of rotatable bonds is 6. The third-order valence-corrected chi connectivity index (χ3v) is 3.78. The van der Waals surface area contributed by atoms with E-state index in [1.165, 1.54) is 11.1 Å². The van der Waals surface area contributed by atoms with E-state index in [1.54, 1.807) is 0 Å². The van der Waals surface area contributed by atoms with E-state index in [-0.39, 0.29) is 0 Å². The molecular formula is C15H20BrN3. The normalized spacial score (nSPS) is 12.6. The first-order valence-electron chi connectivity index (χ1n) is 6.67. The van der Waals surface area contributed by atoms with E-state index in [4.69, 9.17) is 5.73 Å². The van der Waals surface area contributed by atoms with Crippen LogP contribution in [0.2, 0.25) is 0 Å². The molecule has 0 bridgehead atoms. The Kier molecular flexibility index (Phi) is 5.16. The van der Waals surface area contributed by atoms with Crippen molar-refractivity contribution in [3.05, 3.63) is 52.3 Å². The highest BCUT2D eigenvalue weighted by Crippen LogP contribution is 2.17. The van der Waals surface area contributed by atoms with Crippen LogP contribution in [0.25, 0.3) is 0 Å². The van der Waals surface area contributed by atoms with Crippen LogP contribution in [-0.2, 0) is 19.4 Å². The van der Waals surface area contributed by atoms with Gasteiger partial charge in [0.05, 0.1) is 6.20 Å². The van der Waals surface area contributed by atoms with Crippen molar-refractivity contribution in [2.75, 3.05) is 6.54 Å². The molecule has 19 heavy (non-hydrogen) atoms. The molecule has 2 rings (SSSR count). The van der Waals surface area contributed by atoms with Crippen LogP contribution in [0.5, 0.6) is 0 Å². The molecular weight excluding hydrogens is 302 g/mol. The standard InChI is InChI=1S/C15H20BrN3/c1-2-19-11-14(10-18-19)7-13(9-17)6-12-4-3-5-15(16)8-12/h3-5,8,10-11,13H,2,6-7,9,17H2,1H3. The number of aryl methyl sites for hydroxylation is 1. The molecule has 0 radical (unpaired) electrons. The molecule has 102 valence electrons. The van der Waals surface area contributed by atoms with E-state index < -0.39 is 0 Å². The average Bonchev–Trinajstić information content (AvgIpc) is 2.85. The van der Waals surface area contributed by atoms with Gasteiger partial charge < -0.3 is 5.73 Å². The predicted molar refractivity (Wildman–Crippen MR) is 82.0 cm³/mol. The Labute approximate surface area is 122 Å². The van der Waals surface area contributed by atoms with Gasteiger partial charge in [0.1, 0.15) is 0 Å². The molecule has 2 aromatic rings. The van der Waals surface area contributed by atoms with Crippen LogP contribution in [0.1, 0.15) is 18.1 Å². The summed E-state index contributed by atoms with van der Waals surface area (Å²) >= 11 is 3.51. The lowest BCUT2D eigenvalue weighted by Crippen LogP contribution is -2.19. The number of benzene rings is 1. The molecule has 0 spiro atoms. The summed E-state index contributed by atoms with van der Waals surface area (Å²) in [7, 11) is 0. The summed E-state index contributed by atoms with van der Waals surface area (Å²) in [5, 5.41) is 4.31. The molecule has 1 aromatic heterocycles. The van der Waals surface area contributed by atoms with Crippen molar-refractivity contribution >= 4 is 15.9 Å². The minimum atomic E-state index is 0.462. The Morgan fingerprint density at radius 1 is 1.32 bits per heavy atom. The molecule has 0 saturated carbocycles. The first-order chi connectivity index (χ1) is 9.21. The smallest absolute Gasteiger partial charge is 0.0521 e. The number of nitrogens with zero attached hydrogens (tertiary/aromatic N) is 2. The molecule has 0 amide bonds. The topological polar surface area (TPSA) is 43.8 Å². The first-order valence-corrected chi connectivity index (χ1v) is 7.46. The van der Waals surface area contributed by atoms with Gasteiger partial charge in [0.15, 0.2) is 0 Å². The number of nitrogens with two attached hydrogens (primary N) is 1. The van der Waals surface area contributed by atoms with Gasteiger partial charge in [-0.2, -0.15) is 5.10 Å². The van der Waals surface area contributed by atoms with E-state index in [0.29, 0.717) is 12.5 Å². The van der Waals surface area contributed by atoms with Crippen LogP contribution in [0.15, 0.2) is 41.1 Å². The molecule has 4 heteroatoms. The van der Waals surface area contributed by atoms with E-state index in [1.807, 2.05) is 16.9 Å². The van der Waals surface area contributed by atoms with Crippen LogP contribution in [0.4, 0.5) is 0 Å². The van der Waals surface area contributed by atoms with Gasteiger partial charge in [-0.05, 0) is 55.5 Å². The Bertz CT molecular complexity index is 522. The van der Waals surface area contributed by atoms with E-state index in [0.717, 1.165) is 23.9 Å². The molecule has 0 aliphatic rings. The molecule has 0 aliphatic heterocycles. The Morgan fingerprint density at radius 3 is 2.74 bits per heavy atom. The van der Waals surface area contributed by atoms with Crippen LogP contribution in [-0.4, -0.2) is 16.3 Å². The van der Waals surface area contributed by atoms with E-state index in [2.05, 4.69) is 52.3 Å².